The molecule has 0 saturated heterocycles. The summed E-state index contributed by atoms with van der Waals surface area (Å²) in [5, 5.41) is 2.97. The number of benzene rings is 4. The molecule has 0 fully saturated rings. The summed E-state index contributed by atoms with van der Waals surface area (Å²) >= 11 is 1.50. The molecule has 0 atom stereocenters. The van der Waals surface area contributed by atoms with Gasteiger partial charge in [0.15, 0.2) is 0 Å². The highest BCUT2D eigenvalue weighted by Gasteiger charge is 2.28. The molecule has 2 amide bonds. The van der Waals surface area contributed by atoms with Crippen LogP contribution in [0, 0.1) is 12.7 Å². The Hall–Kier alpha value is -3.90. The molecule has 0 unspecified atom stereocenters. The highest BCUT2D eigenvalue weighted by atomic mass is 32.2. The molecule has 1 aliphatic heterocycles. The van der Waals surface area contributed by atoms with Crippen LogP contribution in [0.4, 0.5) is 10.1 Å². The van der Waals surface area contributed by atoms with E-state index < -0.39 is 0 Å². The SMILES string of the molecule is Cc1ccc(CNC(=O)c2ccc3c(c2)N(Cc2ccc(F)cc2)C(=O)c2ccccc2S3)cc1. The van der Waals surface area contributed by atoms with Crippen molar-refractivity contribution >= 4 is 29.3 Å². The van der Waals surface area contributed by atoms with E-state index in [0.29, 0.717) is 23.4 Å². The van der Waals surface area contributed by atoms with Gasteiger partial charge in [0.2, 0.25) is 0 Å². The van der Waals surface area contributed by atoms with Gasteiger partial charge in [0, 0.05) is 21.9 Å². The van der Waals surface area contributed by atoms with Crippen molar-refractivity contribution < 1.29 is 14.0 Å². The first-order valence-corrected chi connectivity index (χ1v) is 12.1. The Kier molecular flexibility index (Phi) is 6.38. The van der Waals surface area contributed by atoms with Gasteiger partial charge in [0.25, 0.3) is 11.8 Å². The fraction of sp³-hybridized carbons (Fsp3) is 0.103. The van der Waals surface area contributed by atoms with Crippen molar-refractivity contribution in [2.75, 3.05) is 4.90 Å². The average Bonchev–Trinajstić information content (AvgIpc) is 2.99. The fourth-order valence-electron chi connectivity index (χ4n) is 3.98. The van der Waals surface area contributed by atoms with E-state index in [2.05, 4.69) is 5.32 Å². The van der Waals surface area contributed by atoms with Crippen LogP contribution >= 0.6 is 11.8 Å². The van der Waals surface area contributed by atoms with Gasteiger partial charge in [-0.2, -0.15) is 0 Å². The lowest BCUT2D eigenvalue weighted by atomic mass is 10.1. The first-order valence-electron chi connectivity index (χ1n) is 11.3. The number of nitrogens with zero attached hydrogens (tertiary/aromatic N) is 1. The molecule has 0 radical (unpaired) electrons. The molecule has 0 saturated carbocycles. The Morgan fingerprint density at radius 1 is 0.886 bits per heavy atom. The summed E-state index contributed by atoms with van der Waals surface area (Å²) in [6.07, 6.45) is 0. The standard InChI is InChI=1S/C29H23FN2O2S/c1-19-6-8-20(9-7-19)17-31-28(33)22-12-15-27-25(16-22)32(18-21-10-13-23(30)14-11-21)29(34)24-4-2-3-5-26(24)35-27/h2-16H,17-18H2,1H3,(H,31,33). The zero-order chi connectivity index (χ0) is 24.4. The minimum absolute atomic E-state index is 0.159. The van der Waals surface area contributed by atoms with E-state index in [0.717, 1.165) is 26.5 Å². The van der Waals surface area contributed by atoms with Crippen LogP contribution in [0.15, 0.2) is 101 Å². The second-order valence-corrected chi connectivity index (χ2v) is 9.55. The Morgan fingerprint density at radius 2 is 1.60 bits per heavy atom. The van der Waals surface area contributed by atoms with E-state index in [4.69, 9.17) is 0 Å². The van der Waals surface area contributed by atoms with Gasteiger partial charge in [-0.3, -0.25) is 9.59 Å². The van der Waals surface area contributed by atoms with E-state index in [1.807, 2.05) is 61.5 Å². The van der Waals surface area contributed by atoms with E-state index >= 15 is 0 Å². The number of carbonyl (C=O) groups excluding carboxylic acids is 2. The Morgan fingerprint density at radius 3 is 2.37 bits per heavy atom. The number of rotatable bonds is 5. The van der Waals surface area contributed by atoms with E-state index in [1.54, 1.807) is 29.2 Å². The molecule has 6 heteroatoms. The molecule has 0 aliphatic carbocycles. The van der Waals surface area contributed by atoms with Crippen LogP contribution in [0.5, 0.6) is 0 Å². The van der Waals surface area contributed by atoms with Crippen LogP contribution in [-0.2, 0) is 13.1 Å². The van der Waals surface area contributed by atoms with Gasteiger partial charge in [-0.15, -0.1) is 0 Å². The number of anilines is 1. The zero-order valence-corrected chi connectivity index (χ0v) is 19.9. The van der Waals surface area contributed by atoms with Crippen molar-refractivity contribution in [1.82, 2.24) is 5.32 Å². The van der Waals surface area contributed by atoms with Crippen molar-refractivity contribution in [1.29, 1.82) is 0 Å². The predicted molar refractivity (Wildman–Crippen MR) is 136 cm³/mol. The van der Waals surface area contributed by atoms with Crippen LogP contribution in [0.3, 0.4) is 0 Å². The zero-order valence-electron chi connectivity index (χ0n) is 19.1. The molecule has 35 heavy (non-hydrogen) atoms. The first-order chi connectivity index (χ1) is 17.0. The number of nitrogens with one attached hydrogen (secondary N) is 1. The predicted octanol–water partition coefficient (Wildman–Crippen LogP) is 6.38. The monoisotopic (exact) mass is 482 g/mol. The summed E-state index contributed by atoms with van der Waals surface area (Å²) in [5.41, 5.74) is 4.70. The molecule has 1 aliphatic rings. The molecule has 1 heterocycles. The minimum atomic E-state index is -0.329. The number of aryl methyl sites for hydroxylation is 1. The first kappa shape index (κ1) is 22.9. The third-order valence-corrected chi connectivity index (χ3v) is 7.06. The Labute approximate surface area is 207 Å². The highest BCUT2D eigenvalue weighted by molar-refractivity contribution is 7.99. The lowest BCUT2D eigenvalue weighted by molar-refractivity contribution is 0.0947. The molecule has 4 aromatic carbocycles. The van der Waals surface area contributed by atoms with Crippen LogP contribution in [0.1, 0.15) is 37.4 Å². The molecular formula is C29H23FN2O2S. The third-order valence-electron chi connectivity index (χ3n) is 5.92. The van der Waals surface area contributed by atoms with Crippen molar-refractivity contribution in [2.45, 2.75) is 29.8 Å². The van der Waals surface area contributed by atoms with Gasteiger partial charge in [-0.25, -0.2) is 4.39 Å². The van der Waals surface area contributed by atoms with Gasteiger partial charge in [-0.05, 0) is 60.5 Å². The van der Waals surface area contributed by atoms with Crippen LogP contribution in [0.2, 0.25) is 0 Å². The maximum absolute atomic E-state index is 13.6. The number of fused-ring (bicyclic) bond motifs is 2. The molecule has 0 bridgehead atoms. The Bertz CT molecular complexity index is 1400. The summed E-state index contributed by atoms with van der Waals surface area (Å²) in [7, 11) is 0. The number of carbonyl (C=O) groups is 2. The fourth-order valence-corrected chi connectivity index (χ4v) is 5.04. The molecule has 4 aromatic rings. The normalized spacial score (nSPS) is 12.5. The number of hydrogen-bond acceptors (Lipinski definition) is 3. The number of hydrogen-bond donors (Lipinski definition) is 1. The van der Waals surface area contributed by atoms with Gasteiger partial charge >= 0.3 is 0 Å². The summed E-state index contributed by atoms with van der Waals surface area (Å²) in [6, 6.07) is 27.0. The molecule has 0 aromatic heterocycles. The van der Waals surface area contributed by atoms with Crippen molar-refractivity contribution in [3.63, 3.8) is 0 Å². The number of amides is 2. The van der Waals surface area contributed by atoms with Gasteiger partial charge in [0.1, 0.15) is 5.82 Å². The molecule has 0 spiro atoms. The van der Waals surface area contributed by atoms with Crippen molar-refractivity contribution in [3.8, 4) is 0 Å². The quantitative estimate of drug-likeness (QED) is 0.359. The van der Waals surface area contributed by atoms with Gasteiger partial charge in [-0.1, -0.05) is 65.9 Å². The topological polar surface area (TPSA) is 49.4 Å². The van der Waals surface area contributed by atoms with E-state index in [-0.39, 0.29) is 24.2 Å². The van der Waals surface area contributed by atoms with Crippen LogP contribution < -0.4 is 10.2 Å². The second kappa shape index (κ2) is 9.76. The summed E-state index contributed by atoms with van der Waals surface area (Å²) in [6.45, 7) is 2.69. The average molecular weight is 483 g/mol. The summed E-state index contributed by atoms with van der Waals surface area (Å²) in [4.78, 5) is 30.0. The van der Waals surface area contributed by atoms with Gasteiger partial charge in [0.05, 0.1) is 17.8 Å². The maximum atomic E-state index is 13.6. The summed E-state index contributed by atoms with van der Waals surface area (Å²) < 4.78 is 13.5. The third kappa shape index (κ3) is 4.98. The molecule has 5 rings (SSSR count). The Balaban J connectivity index is 1.48. The van der Waals surface area contributed by atoms with Gasteiger partial charge < -0.3 is 10.2 Å². The number of halogens is 1. The molecule has 1 N–H and O–H groups in total. The van der Waals surface area contributed by atoms with Crippen LogP contribution in [-0.4, -0.2) is 11.8 Å². The molecular weight excluding hydrogens is 459 g/mol. The highest BCUT2D eigenvalue weighted by Crippen LogP contribution is 2.42. The lowest BCUT2D eigenvalue weighted by Crippen LogP contribution is -2.31. The summed E-state index contributed by atoms with van der Waals surface area (Å²) in [5.74, 6) is -0.701. The van der Waals surface area contributed by atoms with Crippen molar-refractivity contribution in [2.24, 2.45) is 0 Å². The van der Waals surface area contributed by atoms with E-state index in [1.165, 1.54) is 23.9 Å². The second-order valence-electron chi connectivity index (χ2n) is 8.47. The van der Waals surface area contributed by atoms with Crippen molar-refractivity contribution in [3.05, 3.63) is 125 Å². The maximum Gasteiger partial charge on any atom is 0.259 e. The molecule has 4 nitrogen and oxygen atoms in total. The molecule has 174 valence electrons. The minimum Gasteiger partial charge on any atom is -0.348 e. The lowest BCUT2D eigenvalue weighted by Gasteiger charge is -2.24. The van der Waals surface area contributed by atoms with Crippen LogP contribution in [0.25, 0.3) is 0 Å². The largest absolute Gasteiger partial charge is 0.348 e. The smallest absolute Gasteiger partial charge is 0.259 e. The van der Waals surface area contributed by atoms with E-state index in [9.17, 15) is 14.0 Å².